The van der Waals surface area contributed by atoms with Crippen molar-refractivity contribution in [3.63, 3.8) is 0 Å². The molecule has 1 heterocycles. The Hall–Kier alpha value is -1.06. The third-order valence-electron chi connectivity index (χ3n) is 4.93. The second-order valence-corrected chi connectivity index (χ2v) is 7.80. The fraction of sp³-hybridized carbons (Fsp3) is 0.682. The van der Waals surface area contributed by atoms with Gasteiger partial charge in [-0.05, 0) is 43.9 Å². The van der Waals surface area contributed by atoms with Gasteiger partial charge in [0.25, 0.3) is 0 Å². The molecule has 2 rings (SSSR count). The maximum absolute atomic E-state index is 5.71. The number of nitrogens with zero attached hydrogens (tertiary/aromatic N) is 1. The zero-order valence-electron chi connectivity index (χ0n) is 18.3. The molecule has 6 nitrogen and oxygen atoms in total. The number of halogens is 1. The van der Waals surface area contributed by atoms with E-state index in [4.69, 9.17) is 19.2 Å². The average molecular weight is 519 g/mol. The van der Waals surface area contributed by atoms with Crippen molar-refractivity contribution in [1.82, 2.24) is 10.6 Å². The molecule has 166 valence electrons. The summed E-state index contributed by atoms with van der Waals surface area (Å²) in [6.07, 6.45) is 3.52. The number of methoxy groups -OCH3 is 1. The number of ether oxygens (including phenoxy) is 3. The molecule has 1 unspecified atom stereocenters. The van der Waals surface area contributed by atoms with E-state index >= 15 is 0 Å². The number of aliphatic imine (C=N–C) groups is 1. The van der Waals surface area contributed by atoms with Crippen LogP contribution in [0.3, 0.4) is 0 Å². The second-order valence-electron chi connectivity index (χ2n) is 7.80. The highest BCUT2D eigenvalue weighted by Gasteiger charge is 2.20. The Kier molecular flexibility index (Phi) is 12.6. The van der Waals surface area contributed by atoms with E-state index in [1.165, 1.54) is 5.56 Å². The van der Waals surface area contributed by atoms with E-state index < -0.39 is 0 Å². The normalized spacial score (nSPS) is 17.0. The number of hydrogen-bond donors (Lipinski definition) is 2. The monoisotopic (exact) mass is 519 g/mol. The van der Waals surface area contributed by atoms with Crippen molar-refractivity contribution in [3.8, 4) is 5.75 Å². The summed E-state index contributed by atoms with van der Waals surface area (Å²) in [6, 6.07) is 8.22. The molecule has 0 radical (unpaired) electrons. The van der Waals surface area contributed by atoms with Crippen molar-refractivity contribution in [2.75, 3.05) is 46.6 Å². The van der Waals surface area contributed by atoms with E-state index in [1.807, 2.05) is 12.1 Å². The van der Waals surface area contributed by atoms with Crippen LogP contribution >= 0.6 is 24.0 Å². The molecule has 29 heavy (non-hydrogen) atoms. The smallest absolute Gasteiger partial charge is 0.191 e. The fourth-order valence-corrected chi connectivity index (χ4v) is 3.12. The third-order valence-corrected chi connectivity index (χ3v) is 4.93. The van der Waals surface area contributed by atoms with Crippen molar-refractivity contribution in [2.24, 2.45) is 4.99 Å². The first-order valence-corrected chi connectivity index (χ1v) is 10.4. The second kappa shape index (κ2) is 14.0. The summed E-state index contributed by atoms with van der Waals surface area (Å²) in [5, 5.41) is 6.72. The van der Waals surface area contributed by atoms with Gasteiger partial charge in [0.1, 0.15) is 5.75 Å². The van der Waals surface area contributed by atoms with Gasteiger partial charge in [0, 0.05) is 31.7 Å². The van der Waals surface area contributed by atoms with Crippen LogP contribution in [0.1, 0.15) is 45.6 Å². The molecule has 0 amide bonds. The fourth-order valence-electron chi connectivity index (χ4n) is 3.12. The maximum Gasteiger partial charge on any atom is 0.191 e. The zero-order valence-corrected chi connectivity index (χ0v) is 20.7. The lowest BCUT2D eigenvalue weighted by molar-refractivity contribution is 0.0168. The first kappa shape index (κ1) is 26.0. The van der Waals surface area contributed by atoms with Crippen LogP contribution in [-0.4, -0.2) is 58.6 Å². The number of hydrogen-bond acceptors (Lipinski definition) is 4. The highest BCUT2D eigenvalue weighted by molar-refractivity contribution is 14.0. The van der Waals surface area contributed by atoms with Gasteiger partial charge in [0.05, 0.1) is 26.4 Å². The predicted molar refractivity (Wildman–Crippen MR) is 130 cm³/mol. The molecule has 1 aromatic rings. The topological polar surface area (TPSA) is 64.1 Å². The van der Waals surface area contributed by atoms with Gasteiger partial charge in [-0.1, -0.05) is 26.0 Å². The lowest BCUT2D eigenvalue weighted by atomic mass is 9.85. The molecular formula is C22H38IN3O3. The number of nitrogens with one attached hydrogen (secondary N) is 2. The van der Waals surface area contributed by atoms with Gasteiger partial charge in [0.2, 0.25) is 0 Å². The van der Waals surface area contributed by atoms with E-state index in [-0.39, 0.29) is 29.4 Å². The molecule has 0 spiro atoms. The highest BCUT2D eigenvalue weighted by Crippen LogP contribution is 2.25. The minimum Gasteiger partial charge on any atom is -0.497 e. The molecule has 1 aliphatic heterocycles. The van der Waals surface area contributed by atoms with Crippen LogP contribution in [-0.2, 0) is 14.9 Å². The number of benzene rings is 1. The van der Waals surface area contributed by atoms with Crippen molar-refractivity contribution in [3.05, 3.63) is 29.8 Å². The van der Waals surface area contributed by atoms with Crippen LogP contribution in [0.5, 0.6) is 5.75 Å². The standard InChI is InChI=1S/C22H37N3O3.HI/c1-5-23-21(24-13-7-14-27-16-20-8-6-15-28-20)25-17-22(2,3)18-9-11-19(26-4)12-10-18;/h9-12,20H,5-8,13-17H2,1-4H3,(H2,23,24,25);1H. The van der Waals surface area contributed by atoms with Crippen LogP contribution in [0.4, 0.5) is 0 Å². The predicted octanol–water partition coefficient (Wildman–Crippen LogP) is 3.73. The summed E-state index contributed by atoms with van der Waals surface area (Å²) in [7, 11) is 1.69. The molecule has 1 aliphatic rings. The van der Waals surface area contributed by atoms with E-state index in [0.717, 1.165) is 57.3 Å². The molecule has 7 heteroatoms. The van der Waals surface area contributed by atoms with Crippen molar-refractivity contribution in [1.29, 1.82) is 0 Å². The van der Waals surface area contributed by atoms with Gasteiger partial charge in [-0.3, -0.25) is 4.99 Å². The molecule has 1 aromatic carbocycles. The SMILES string of the molecule is CCNC(=NCC(C)(C)c1ccc(OC)cc1)NCCCOCC1CCCO1.I. The van der Waals surface area contributed by atoms with E-state index in [2.05, 4.69) is 43.5 Å². The Morgan fingerprint density at radius 2 is 2.00 bits per heavy atom. The maximum atomic E-state index is 5.71. The van der Waals surface area contributed by atoms with Crippen LogP contribution in [0.2, 0.25) is 0 Å². The largest absolute Gasteiger partial charge is 0.497 e. The summed E-state index contributed by atoms with van der Waals surface area (Å²) >= 11 is 0. The van der Waals surface area contributed by atoms with Crippen LogP contribution in [0.25, 0.3) is 0 Å². The molecule has 0 saturated carbocycles. The Morgan fingerprint density at radius 1 is 1.24 bits per heavy atom. The van der Waals surface area contributed by atoms with Crippen LogP contribution in [0, 0.1) is 0 Å². The van der Waals surface area contributed by atoms with E-state index in [1.54, 1.807) is 7.11 Å². The van der Waals surface area contributed by atoms with Crippen LogP contribution < -0.4 is 15.4 Å². The van der Waals surface area contributed by atoms with E-state index in [9.17, 15) is 0 Å². The number of guanidine groups is 1. The Bertz CT molecular complexity index is 587. The number of rotatable bonds is 11. The van der Waals surface area contributed by atoms with Gasteiger partial charge in [-0.15, -0.1) is 24.0 Å². The first-order valence-electron chi connectivity index (χ1n) is 10.4. The molecular weight excluding hydrogens is 481 g/mol. The molecule has 1 atom stereocenters. The van der Waals surface area contributed by atoms with Gasteiger partial charge in [0.15, 0.2) is 5.96 Å². The summed E-state index contributed by atoms with van der Waals surface area (Å²) in [5.74, 6) is 1.72. The molecule has 2 N–H and O–H groups in total. The summed E-state index contributed by atoms with van der Waals surface area (Å²) in [6.45, 7) is 11.2. The molecule has 0 aliphatic carbocycles. The minimum atomic E-state index is -0.0565. The molecule has 0 aromatic heterocycles. The summed E-state index contributed by atoms with van der Waals surface area (Å²) < 4.78 is 16.5. The summed E-state index contributed by atoms with van der Waals surface area (Å²) in [5.41, 5.74) is 1.19. The van der Waals surface area contributed by atoms with Crippen molar-refractivity contribution in [2.45, 2.75) is 51.6 Å². The van der Waals surface area contributed by atoms with Gasteiger partial charge >= 0.3 is 0 Å². The average Bonchev–Trinajstić information content (AvgIpc) is 3.22. The molecule has 1 saturated heterocycles. The van der Waals surface area contributed by atoms with Gasteiger partial charge in [-0.25, -0.2) is 0 Å². The lowest BCUT2D eigenvalue weighted by Gasteiger charge is -2.24. The van der Waals surface area contributed by atoms with Crippen LogP contribution in [0.15, 0.2) is 29.3 Å². The summed E-state index contributed by atoms with van der Waals surface area (Å²) in [4.78, 5) is 4.79. The molecule has 1 fully saturated rings. The zero-order chi connectivity index (χ0) is 20.2. The minimum absolute atomic E-state index is 0. The molecule has 0 bridgehead atoms. The quantitative estimate of drug-likeness (QED) is 0.202. The van der Waals surface area contributed by atoms with Crippen molar-refractivity contribution >= 4 is 29.9 Å². The van der Waals surface area contributed by atoms with Gasteiger partial charge < -0.3 is 24.8 Å². The van der Waals surface area contributed by atoms with Crippen molar-refractivity contribution < 1.29 is 14.2 Å². The lowest BCUT2D eigenvalue weighted by Crippen LogP contribution is -2.39. The Morgan fingerprint density at radius 3 is 2.62 bits per heavy atom. The highest BCUT2D eigenvalue weighted by atomic mass is 127. The Balaban J connectivity index is 0.00000420. The third kappa shape index (κ3) is 9.53. The first-order chi connectivity index (χ1) is 13.5. The van der Waals surface area contributed by atoms with E-state index in [0.29, 0.717) is 19.3 Å². The van der Waals surface area contributed by atoms with Gasteiger partial charge in [-0.2, -0.15) is 0 Å². The Labute approximate surface area is 193 Å².